The third kappa shape index (κ3) is 4.25. The Morgan fingerprint density at radius 3 is 2.21 bits per heavy atom. The summed E-state index contributed by atoms with van der Waals surface area (Å²) in [6, 6.07) is 13.2. The number of hydrogen-bond donors (Lipinski definition) is 0. The Balaban J connectivity index is 1.79. The zero-order valence-electron chi connectivity index (χ0n) is 16.7. The van der Waals surface area contributed by atoms with Gasteiger partial charge in [0.1, 0.15) is 16.4 Å². The van der Waals surface area contributed by atoms with Crippen LogP contribution in [0.5, 0.6) is 11.5 Å². The Bertz CT molecular complexity index is 906. The van der Waals surface area contributed by atoms with Crippen molar-refractivity contribution in [2.75, 3.05) is 44.3 Å². The number of benzene rings is 2. The molecule has 0 unspecified atom stereocenters. The summed E-state index contributed by atoms with van der Waals surface area (Å²) in [7, 11) is -3.61. The van der Waals surface area contributed by atoms with Crippen LogP contribution in [0.25, 0.3) is 0 Å². The first-order valence-corrected chi connectivity index (χ1v) is 11.1. The number of para-hydroxylation sites is 2. The average molecular weight is 405 g/mol. The van der Waals surface area contributed by atoms with Gasteiger partial charge in [0.05, 0.1) is 18.9 Å². The lowest BCUT2D eigenvalue weighted by molar-refractivity contribution is 0.326. The number of nitrogens with zero attached hydrogens (tertiary/aromatic N) is 2. The summed E-state index contributed by atoms with van der Waals surface area (Å²) in [5.74, 6) is 1.25. The van der Waals surface area contributed by atoms with Crippen molar-refractivity contribution in [3.05, 3.63) is 48.0 Å². The summed E-state index contributed by atoms with van der Waals surface area (Å²) in [5, 5.41) is 0. The van der Waals surface area contributed by atoms with Gasteiger partial charge in [-0.25, -0.2) is 8.42 Å². The standard InChI is InChI=1S/C21H28N2O4S/c1-4-26-19-9-7-6-8-18(19)22-12-14-23(15-13-22)28(24,25)21-16-17(3)10-11-20(21)27-5-2/h6-11,16H,4-5,12-15H2,1-3H3. The van der Waals surface area contributed by atoms with Crippen molar-refractivity contribution in [3.63, 3.8) is 0 Å². The van der Waals surface area contributed by atoms with Gasteiger partial charge in [0, 0.05) is 26.2 Å². The predicted octanol–water partition coefficient (Wildman–Crippen LogP) is 3.30. The van der Waals surface area contributed by atoms with E-state index in [0.29, 0.717) is 45.1 Å². The van der Waals surface area contributed by atoms with Crippen LogP contribution >= 0.6 is 0 Å². The highest BCUT2D eigenvalue weighted by molar-refractivity contribution is 7.89. The molecule has 0 aliphatic carbocycles. The van der Waals surface area contributed by atoms with E-state index in [1.165, 1.54) is 0 Å². The van der Waals surface area contributed by atoms with Crippen molar-refractivity contribution in [2.24, 2.45) is 0 Å². The highest BCUT2D eigenvalue weighted by atomic mass is 32.2. The van der Waals surface area contributed by atoms with Crippen LogP contribution in [0.3, 0.4) is 0 Å². The monoisotopic (exact) mass is 404 g/mol. The lowest BCUT2D eigenvalue weighted by Crippen LogP contribution is -2.48. The van der Waals surface area contributed by atoms with Gasteiger partial charge in [-0.1, -0.05) is 18.2 Å². The fourth-order valence-electron chi connectivity index (χ4n) is 3.40. The first-order valence-electron chi connectivity index (χ1n) is 9.67. The number of hydrogen-bond acceptors (Lipinski definition) is 5. The molecule has 7 heteroatoms. The minimum absolute atomic E-state index is 0.248. The van der Waals surface area contributed by atoms with Crippen LogP contribution in [0.4, 0.5) is 5.69 Å². The van der Waals surface area contributed by atoms with Crippen LogP contribution in [0.1, 0.15) is 19.4 Å². The van der Waals surface area contributed by atoms with E-state index in [1.54, 1.807) is 16.4 Å². The maximum atomic E-state index is 13.3. The number of piperazine rings is 1. The molecule has 0 bridgehead atoms. The fraction of sp³-hybridized carbons (Fsp3) is 0.429. The second kappa shape index (κ2) is 8.84. The number of aryl methyl sites for hydroxylation is 1. The van der Waals surface area contributed by atoms with Gasteiger partial charge in [-0.05, 0) is 50.6 Å². The molecule has 0 N–H and O–H groups in total. The number of sulfonamides is 1. The molecule has 6 nitrogen and oxygen atoms in total. The Hall–Kier alpha value is -2.25. The third-order valence-corrected chi connectivity index (χ3v) is 6.68. The minimum Gasteiger partial charge on any atom is -0.492 e. The SMILES string of the molecule is CCOc1ccccc1N1CCN(S(=O)(=O)c2cc(C)ccc2OCC)CC1. The minimum atomic E-state index is -3.61. The Morgan fingerprint density at radius 1 is 0.893 bits per heavy atom. The molecule has 152 valence electrons. The van der Waals surface area contributed by atoms with Crippen molar-refractivity contribution in [3.8, 4) is 11.5 Å². The van der Waals surface area contributed by atoms with Crippen LogP contribution < -0.4 is 14.4 Å². The molecule has 1 heterocycles. The molecule has 1 aliphatic heterocycles. The molecule has 2 aromatic rings. The van der Waals surface area contributed by atoms with Crippen molar-refractivity contribution in [1.29, 1.82) is 0 Å². The first kappa shape index (κ1) is 20.5. The predicted molar refractivity (Wildman–Crippen MR) is 111 cm³/mol. The normalized spacial score (nSPS) is 15.5. The molecule has 0 radical (unpaired) electrons. The second-order valence-corrected chi connectivity index (χ2v) is 8.58. The summed E-state index contributed by atoms with van der Waals surface area (Å²) in [6.07, 6.45) is 0. The lowest BCUT2D eigenvalue weighted by Gasteiger charge is -2.36. The van der Waals surface area contributed by atoms with Crippen LogP contribution in [0.2, 0.25) is 0 Å². The quantitative estimate of drug-likeness (QED) is 0.709. The first-order chi connectivity index (χ1) is 13.5. The van der Waals surface area contributed by atoms with Crippen molar-refractivity contribution in [2.45, 2.75) is 25.7 Å². The van der Waals surface area contributed by atoms with E-state index in [4.69, 9.17) is 9.47 Å². The fourth-order valence-corrected chi connectivity index (χ4v) is 5.03. The molecular weight excluding hydrogens is 376 g/mol. The van der Waals surface area contributed by atoms with Gasteiger partial charge in [-0.15, -0.1) is 0 Å². The van der Waals surface area contributed by atoms with Crippen LogP contribution in [-0.2, 0) is 10.0 Å². The van der Waals surface area contributed by atoms with Gasteiger partial charge in [0.2, 0.25) is 10.0 Å². The van der Waals surface area contributed by atoms with Gasteiger partial charge in [-0.3, -0.25) is 0 Å². The molecule has 0 aromatic heterocycles. The summed E-state index contributed by atoms with van der Waals surface area (Å²) < 4.78 is 39.3. The Morgan fingerprint density at radius 2 is 1.54 bits per heavy atom. The van der Waals surface area contributed by atoms with Gasteiger partial charge in [0.15, 0.2) is 0 Å². The van der Waals surface area contributed by atoms with E-state index < -0.39 is 10.0 Å². The van der Waals surface area contributed by atoms with E-state index in [2.05, 4.69) is 4.90 Å². The van der Waals surface area contributed by atoms with Gasteiger partial charge in [0.25, 0.3) is 0 Å². The van der Waals surface area contributed by atoms with E-state index >= 15 is 0 Å². The summed E-state index contributed by atoms with van der Waals surface area (Å²) in [5.41, 5.74) is 1.90. The molecule has 1 fully saturated rings. The molecule has 3 rings (SSSR count). The van der Waals surface area contributed by atoms with Gasteiger partial charge < -0.3 is 14.4 Å². The number of anilines is 1. The van der Waals surface area contributed by atoms with Gasteiger partial charge in [-0.2, -0.15) is 4.31 Å². The van der Waals surface area contributed by atoms with E-state index in [1.807, 2.05) is 51.1 Å². The number of rotatable bonds is 7. The largest absolute Gasteiger partial charge is 0.492 e. The van der Waals surface area contributed by atoms with Crippen LogP contribution in [0, 0.1) is 6.92 Å². The van der Waals surface area contributed by atoms with E-state index in [-0.39, 0.29) is 4.90 Å². The third-order valence-electron chi connectivity index (χ3n) is 4.76. The molecule has 0 saturated carbocycles. The van der Waals surface area contributed by atoms with E-state index in [0.717, 1.165) is 17.0 Å². The van der Waals surface area contributed by atoms with Crippen molar-refractivity contribution < 1.29 is 17.9 Å². The lowest BCUT2D eigenvalue weighted by atomic mass is 10.2. The zero-order valence-corrected chi connectivity index (χ0v) is 17.5. The highest BCUT2D eigenvalue weighted by Gasteiger charge is 2.31. The molecule has 1 saturated heterocycles. The Labute approximate surface area is 167 Å². The smallest absolute Gasteiger partial charge is 0.246 e. The molecule has 1 aliphatic rings. The summed E-state index contributed by atoms with van der Waals surface area (Å²) in [4.78, 5) is 2.42. The average Bonchev–Trinajstić information content (AvgIpc) is 2.70. The van der Waals surface area contributed by atoms with Crippen LogP contribution in [-0.4, -0.2) is 52.1 Å². The second-order valence-electron chi connectivity index (χ2n) is 6.68. The molecule has 28 heavy (non-hydrogen) atoms. The molecule has 2 aromatic carbocycles. The van der Waals surface area contributed by atoms with Crippen molar-refractivity contribution in [1.82, 2.24) is 4.31 Å². The Kier molecular flexibility index (Phi) is 6.46. The summed E-state index contributed by atoms with van der Waals surface area (Å²) >= 11 is 0. The van der Waals surface area contributed by atoms with Crippen molar-refractivity contribution >= 4 is 15.7 Å². The molecular formula is C21H28N2O4S. The highest BCUT2D eigenvalue weighted by Crippen LogP contribution is 2.32. The van der Waals surface area contributed by atoms with E-state index in [9.17, 15) is 8.42 Å². The summed E-state index contributed by atoms with van der Waals surface area (Å²) in [6.45, 7) is 8.77. The zero-order chi connectivity index (χ0) is 20.1. The molecule has 0 atom stereocenters. The maximum absolute atomic E-state index is 13.3. The number of ether oxygens (including phenoxy) is 2. The van der Waals surface area contributed by atoms with Gasteiger partial charge >= 0.3 is 0 Å². The van der Waals surface area contributed by atoms with Crippen LogP contribution in [0.15, 0.2) is 47.4 Å². The molecule has 0 spiro atoms. The molecule has 0 amide bonds. The topological polar surface area (TPSA) is 59.1 Å². The maximum Gasteiger partial charge on any atom is 0.246 e.